The maximum absolute atomic E-state index is 14.1. The molecule has 2 fully saturated rings. The standard InChI is InChI=1S/C41H61N5O7Si/c1-27(2)20-33(37(48)41(5)26-53-41)43-40(51)35(22-30-16-12-9-13-17-30)45-39(50)34(21-28(3)4)44-38(49)32(19-18-29-14-10-8-11-15-29)42-36(47)25-46-23-31(24-46)54(6,7)52/h8-17,27-28,31-35,52H,18-26H2,1-7H3,(H,42,47)(H,43,51)(H,44,49)(H,45,50)/t32-,33-,34-,35-,41+/m0/s1. The van der Waals surface area contributed by atoms with E-state index in [9.17, 15) is 28.8 Å². The molecule has 2 aliphatic heterocycles. The van der Waals surface area contributed by atoms with E-state index in [1.165, 1.54) is 0 Å². The zero-order valence-electron chi connectivity index (χ0n) is 33.0. The number of epoxide rings is 1. The summed E-state index contributed by atoms with van der Waals surface area (Å²) < 4.78 is 5.41. The SMILES string of the molecule is CC(C)C[C@H](NC(=O)[C@H](CCc1ccccc1)NC(=O)CN1CC([Si](C)(C)O)C1)C(=O)N[C@@H](Cc1ccccc1)C(=O)N[C@@H](CC(C)C)C(=O)[C@@]1(C)CO1. The number of benzene rings is 2. The Kier molecular flexibility index (Phi) is 15.1. The Hall–Kier alpha value is -3.91. The van der Waals surface area contributed by atoms with E-state index in [1.807, 2.05) is 106 Å². The summed E-state index contributed by atoms with van der Waals surface area (Å²) in [6, 6.07) is 15.2. The monoisotopic (exact) mass is 763 g/mol. The number of nitrogens with one attached hydrogen (secondary N) is 4. The first-order chi connectivity index (χ1) is 25.4. The highest BCUT2D eigenvalue weighted by Crippen LogP contribution is 2.30. The molecular formula is C41H61N5O7Si. The van der Waals surface area contributed by atoms with Gasteiger partial charge in [-0.15, -0.1) is 0 Å². The molecule has 0 spiro atoms. The fraction of sp³-hybridized carbons (Fsp3) is 0.585. The number of carbonyl (C=O) groups is 5. The number of ketones is 1. The van der Waals surface area contributed by atoms with Gasteiger partial charge in [-0.1, -0.05) is 88.4 Å². The van der Waals surface area contributed by atoms with Crippen LogP contribution in [0.1, 0.15) is 65.0 Å². The molecule has 2 saturated heterocycles. The summed E-state index contributed by atoms with van der Waals surface area (Å²) in [6.07, 6.45) is 1.70. The summed E-state index contributed by atoms with van der Waals surface area (Å²) in [4.78, 5) is 81.1. The lowest BCUT2D eigenvalue weighted by molar-refractivity contribution is -0.135. The third-order valence-corrected chi connectivity index (χ3v) is 12.6. The molecule has 4 amide bonds. The van der Waals surface area contributed by atoms with E-state index in [1.54, 1.807) is 6.92 Å². The fourth-order valence-corrected chi connectivity index (χ4v) is 8.12. The van der Waals surface area contributed by atoms with E-state index in [2.05, 4.69) is 21.3 Å². The topological polar surface area (TPSA) is 169 Å². The van der Waals surface area contributed by atoms with E-state index >= 15 is 0 Å². The quantitative estimate of drug-likeness (QED) is 0.0955. The zero-order chi connectivity index (χ0) is 39.6. The fourth-order valence-electron chi connectivity index (χ4n) is 6.71. The van der Waals surface area contributed by atoms with Crippen molar-refractivity contribution >= 4 is 37.7 Å². The van der Waals surface area contributed by atoms with Crippen LogP contribution in [0.5, 0.6) is 0 Å². The molecule has 296 valence electrons. The molecule has 0 aliphatic carbocycles. The predicted molar refractivity (Wildman–Crippen MR) is 211 cm³/mol. The maximum atomic E-state index is 14.1. The minimum atomic E-state index is -2.30. The van der Waals surface area contributed by atoms with Gasteiger partial charge in [-0.25, -0.2) is 0 Å². The summed E-state index contributed by atoms with van der Waals surface area (Å²) in [6.45, 7) is 15.0. The van der Waals surface area contributed by atoms with E-state index < -0.39 is 55.8 Å². The molecule has 0 bridgehead atoms. The largest absolute Gasteiger partial charge is 0.432 e. The van der Waals surface area contributed by atoms with E-state index in [0.29, 0.717) is 39.0 Å². The number of carbonyl (C=O) groups excluding carboxylic acids is 5. The molecule has 0 unspecified atom stereocenters. The third-order valence-electron chi connectivity index (χ3n) is 10.2. The molecule has 13 heteroatoms. The molecule has 0 saturated carbocycles. The molecule has 5 atom stereocenters. The highest BCUT2D eigenvalue weighted by Gasteiger charge is 2.50. The number of nitrogens with zero attached hydrogens (tertiary/aromatic N) is 1. The van der Waals surface area contributed by atoms with Crippen LogP contribution in [-0.2, 0) is 41.6 Å². The first kappa shape index (κ1) is 42.8. The summed E-state index contributed by atoms with van der Waals surface area (Å²) in [5, 5.41) is 11.6. The lowest BCUT2D eigenvalue weighted by atomic mass is 9.93. The number of ether oxygens (including phenoxy) is 1. The molecule has 0 aromatic heterocycles. The Balaban J connectivity index is 1.50. The lowest BCUT2D eigenvalue weighted by Crippen LogP contribution is -2.60. The Morgan fingerprint density at radius 2 is 1.24 bits per heavy atom. The van der Waals surface area contributed by atoms with Crippen molar-refractivity contribution in [2.24, 2.45) is 11.8 Å². The van der Waals surface area contributed by atoms with Crippen molar-refractivity contribution in [3.8, 4) is 0 Å². The molecule has 0 radical (unpaired) electrons. The maximum Gasteiger partial charge on any atom is 0.243 e. The second kappa shape index (κ2) is 19.1. The van der Waals surface area contributed by atoms with Gasteiger partial charge < -0.3 is 30.8 Å². The average Bonchev–Trinajstić information content (AvgIpc) is 3.84. The molecule has 2 aromatic carbocycles. The minimum absolute atomic E-state index is 0.00540. The number of Topliss-reactive ketones (excluding diaryl/α,β-unsaturated/α-hetero) is 1. The van der Waals surface area contributed by atoms with E-state index in [0.717, 1.165) is 11.1 Å². The number of rotatable bonds is 21. The van der Waals surface area contributed by atoms with Crippen molar-refractivity contribution in [3.63, 3.8) is 0 Å². The van der Waals surface area contributed by atoms with Crippen LogP contribution >= 0.6 is 0 Å². The Morgan fingerprint density at radius 1 is 0.759 bits per heavy atom. The van der Waals surface area contributed by atoms with Crippen molar-refractivity contribution in [1.29, 1.82) is 0 Å². The van der Waals surface area contributed by atoms with Crippen molar-refractivity contribution in [2.75, 3.05) is 26.2 Å². The van der Waals surface area contributed by atoms with Crippen LogP contribution < -0.4 is 21.3 Å². The zero-order valence-corrected chi connectivity index (χ0v) is 34.0. The molecule has 12 nitrogen and oxygen atoms in total. The van der Waals surface area contributed by atoms with Gasteiger partial charge in [0.15, 0.2) is 14.1 Å². The molecule has 54 heavy (non-hydrogen) atoms. The van der Waals surface area contributed by atoms with Gasteiger partial charge in [0, 0.05) is 25.1 Å². The van der Waals surface area contributed by atoms with Crippen LogP contribution in [0.2, 0.25) is 18.6 Å². The van der Waals surface area contributed by atoms with Crippen LogP contribution in [0.25, 0.3) is 0 Å². The number of aryl methyl sites for hydroxylation is 1. The van der Waals surface area contributed by atoms with Gasteiger partial charge in [0.25, 0.3) is 0 Å². The van der Waals surface area contributed by atoms with Crippen molar-refractivity contribution in [3.05, 3.63) is 71.8 Å². The Labute approximate surface area is 321 Å². The highest BCUT2D eigenvalue weighted by molar-refractivity contribution is 6.71. The first-order valence-electron chi connectivity index (χ1n) is 19.3. The number of hydrogen-bond donors (Lipinski definition) is 5. The van der Waals surface area contributed by atoms with Crippen LogP contribution in [0, 0.1) is 11.8 Å². The van der Waals surface area contributed by atoms with Crippen LogP contribution in [0.3, 0.4) is 0 Å². The van der Waals surface area contributed by atoms with Crippen LogP contribution in [0.4, 0.5) is 0 Å². The lowest BCUT2D eigenvalue weighted by Gasteiger charge is -2.43. The van der Waals surface area contributed by atoms with Gasteiger partial charge in [-0.2, -0.15) is 0 Å². The van der Waals surface area contributed by atoms with Gasteiger partial charge in [0.2, 0.25) is 23.6 Å². The third kappa shape index (κ3) is 13.1. The van der Waals surface area contributed by atoms with Crippen molar-refractivity contribution in [1.82, 2.24) is 26.2 Å². The normalized spacial score (nSPS) is 19.6. The average molecular weight is 764 g/mol. The minimum Gasteiger partial charge on any atom is -0.432 e. The van der Waals surface area contributed by atoms with E-state index in [4.69, 9.17) is 4.74 Å². The molecule has 4 rings (SSSR count). The molecule has 2 heterocycles. The smallest absolute Gasteiger partial charge is 0.243 e. The van der Waals surface area contributed by atoms with Crippen LogP contribution in [-0.4, -0.2) is 103 Å². The van der Waals surface area contributed by atoms with Gasteiger partial charge in [-0.3, -0.25) is 28.9 Å². The number of hydrogen-bond acceptors (Lipinski definition) is 8. The van der Waals surface area contributed by atoms with Gasteiger partial charge in [-0.05, 0) is 68.7 Å². The Bertz CT molecular complexity index is 1570. The van der Waals surface area contributed by atoms with Crippen LogP contribution in [0.15, 0.2) is 60.7 Å². The van der Waals surface area contributed by atoms with E-state index in [-0.39, 0.29) is 48.5 Å². The van der Waals surface area contributed by atoms with Gasteiger partial charge in [0.05, 0.1) is 19.2 Å². The number of amides is 4. The first-order valence-corrected chi connectivity index (χ1v) is 22.4. The highest BCUT2D eigenvalue weighted by atomic mass is 28.4. The molecular weight excluding hydrogens is 703 g/mol. The molecule has 5 N–H and O–H groups in total. The second-order valence-corrected chi connectivity index (χ2v) is 20.8. The summed E-state index contributed by atoms with van der Waals surface area (Å²) >= 11 is 0. The summed E-state index contributed by atoms with van der Waals surface area (Å²) in [5.41, 5.74) is 1.09. The van der Waals surface area contributed by atoms with Gasteiger partial charge >= 0.3 is 0 Å². The van der Waals surface area contributed by atoms with Crippen molar-refractivity contribution in [2.45, 2.75) is 115 Å². The summed E-state index contributed by atoms with van der Waals surface area (Å²) in [5.74, 6) is -1.91. The molecule has 2 aliphatic rings. The molecule has 2 aromatic rings. The Morgan fingerprint density at radius 3 is 1.78 bits per heavy atom. The predicted octanol–water partition coefficient (Wildman–Crippen LogP) is 3.13. The second-order valence-electron chi connectivity index (χ2n) is 16.7. The summed E-state index contributed by atoms with van der Waals surface area (Å²) in [7, 11) is -2.30. The van der Waals surface area contributed by atoms with Gasteiger partial charge in [0.1, 0.15) is 23.7 Å². The van der Waals surface area contributed by atoms with Crippen molar-refractivity contribution < 1.29 is 33.5 Å². The number of likely N-dealkylation sites (tertiary alicyclic amines) is 1.